The molecule has 0 aliphatic rings. The van der Waals surface area contributed by atoms with Crippen LogP contribution in [0.1, 0.15) is 37.3 Å². The molecule has 0 saturated carbocycles. The zero-order chi connectivity index (χ0) is 15.8. The lowest BCUT2D eigenvalue weighted by Gasteiger charge is -2.23. The van der Waals surface area contributed by atoms with Crippen LogP contribution in [0.15, 0.2) is 0 Å². The first-order valence-electron chi connectivity index (χ1n) is 7.42. The van der Waals surface area contributed by atoms with Crippen molar-refractivity contribution in [2.75, 3.05) is 44.2 Å². The van der Waals surface area contributed by atoms with Crippen molar-refractivity contribution < 1.29 is 4.74 Å². The second-order valence-corrected chi connectivity index (χ2v) is 7.52. The summed E-state index contributed by atoms with van der Waals surface area (Å²) in [6.07, 6.45) is 2.15. The van der Waals surface area contributed by atoms with Crippen LogP contribution in [0.4, 0.5) is 5.13 Å². The molecule has 0 amide bonds. The summed E-state index contributed by atoms with van der Waals surface area (Å²) in [4.78, 5) is 8.52. The van der Waals surface area contributed by atoms with Gasteiger partial charge in [0.05, 0.1) is 12.3 Å². The van der Waals surface area contributed by atoms with E-state index in [0.717, 1.165) is 30.6 Å². The first kappa shape index (κ1) is 18.7. The van der Waals surface area contributed by atoms with Gasteiger partial charge in [-0.05, 0) is 19.1 Å². The normalized spacial score (nSPS) is 12.9. The Labute approximate surface area is 137 Å². The molecular weight excluding hydrogens is 302 g/mol. The summed E-state index contributed by atoms with van der Waals surface area (Å²) >= 11 is 3.69. The van der Waals surface area contributed by atoms with Gasteiger partial charge in [0.25, 0.3) is 0 Å². The van der Waals surface area contributed by atoms with Gasteiger partial charge >= 0.3 is 0 Å². The minimum absolute atomic E-state index is 0.457. The largest absolute Gasteiger partial charge is 0.383 e. The first-order chi connectivity index (χ1) is 10.0. The molecule has 0 aliphatic carbocycles. The highest BCUT2D eigenvalue weighted by Crippen LogP contribution is 2.31. The summed E-state index contributed by atoms with van der Waals surface area (Å²) in [5.41, 5.74) is 1.23. The first-order valence-corrected chi connectivity index (χ1v) is 9.63. The average molecular weight is 332 g/mol. The van der Waals surface area contributed by atoms with Crippen LogP contribution in [0.3, 0.4) is 0 Å². The Morgan fingerprint density at radius 1 is 1.38 bits per heavy atom. The molecule has 1 unspecified atom stereocenters. The van der Waals surface area contributed by atoms with Gasteiger partial charge in [0.1, 0.15) is 0 Å². The van der Waals surface area contributed by atoms with Gasteiger partial charge in [-0.2, -0.15) is 11.8 Å². The van der Waals surface area contributed by atoms with Crippen molar-refractivity contribution in [2.24, 2.45) is 0 Å². The maximum absolute atomic E-state index is 5.07. The Kier molecular flexibility index (Phi) is 8.63. The van der Waals surface area contributed by atoms with Gasteiger partial charge < -0.3 is 15.0 Å². The number of thioether (sulfide) groups is 1. The molecule has 1 N–H and O–H groups in total. The quantitative estimate of drug-likeness (QED) is 0.667. The maximum atomic E-state index is 5.07. The Bertz CT molecular complexity index is 410. The second-order valence-electron chi connectivity index (χ2n) is 5.54. The zero-order valence-corrected chi connectivity index (χ0v) is 15.7. The lowest BCUT2D eigenvalue weighted by Crippen LogP contribution is -2.30. The number of anilines is 1. The van der Waals surface area contributed by atoms with Crippen molar-refractivity contribution in [2.45, 2.75) is 39.3 Å². The minimum Gasteiger partial charge on any atom is -0.383 e. The molecular formula is C15H29N3OS2. The van der Waals surface area contributed by atoms with Crippen molar-refractivity contribution in [3.8, 4) is 0 Å². The van der Waals surface area contributed by atoms with E-state index in [1.54, 1.807) is 7.11 Å². The smallest absolute Gasteiger partial charge is 0.185 e. The molecule has 0 aromatic carbocycles. The third-order valence-electron chi connectivity index (χ3n) is 3.40. The number of rotatable bonds is 10. The monoisotopic (exact) mass is 331 g/mol. The number of thiazole rings is 1. The predicted molar refractivity (Wildman–Crippen MR) is 96.0 cm³/mol. The van der Waals surface area contributed by atoms with E-state index in [1.165, 1.54) is 10.6 Å². The number of methoxy groups -OCH3 is 1. The van der Waals surface area contributed by atoms with E-state index in [9.17, 15) is 0 Å². The van der Waals surface area contributed by atoms with E-state index in [0.29, 0.717) is 12.0 Å². The molecule has 122 valence electrons. The molecule has 21 heavy (non-hydrogen) atoms. The molecule has 0 fully saturated rings. The van der Waals surface area contributed by atoms with Gasteiger partial charge in [-0.15, -0.1) is 11.3 Å². The molecule has 4 nitrogen and oxygen atoms in total. The molecule has 0 radical (unpaired) electrons. The number of hydrogen-bond acceptors (Lipinski definition) is 6. The summed E-state index contributed by atoms with van der Waals surface area (Å²) < 4.78 is 5.07. The van der Waals surface area contributed by atoms with Gasteiger partial charge in [-0.1, -0.05) is 13.8 Å². The van der Waals surface area contributed by atoms with Crippen molar-refractivity contribution in [3.63, 3.8) is 0 Å². The highest BCUT2D eigenvalue weighted by molar-refractivity contribution is 7.98. The third kappa shape index (κ3) is 5.77. The van der Waals surface area contributed by atoms with E-state index >= 15 is 0 Å². The maximum Gasteiger partial charge on any atom is 0.185 e. The third-order valence-corrected chi connectivity index (χ3v) is 5.38. The Hall–Kier alpha value is -0.300. The van der Waals surface area contributed by atoms with E-state index < -0.39 is 0 Å². The second kappa shape index (κ2) is 9.66. The van der Waals surface area contributed by atoms with Crippen molar-refractivity contribution in [1.29, 1.82) is 0 Å². The van der Waals surface area contributed by atoms with Gasteiger partial charge in [-0.3, -0.25) is 0 Å². The van der Waals surface area contributed by atoms with Gasteiger partial charge in [0.15, 0.2) is 5.13 Å². The number of hydrogen-bond donors (Lipinski definition) is 1. The lowest BCUT2D eigenvalue weighted by atomic mass is 10.1. The Morgan fingerprint density at radius 2 is 2.10 bits per heavy atom. The molecule has 1 heterocycles. The van der Waals surface area contributed by atoms with Crippen LogP contribution in [0, 0.1) is 0 Å². The number of nitrogens with one attached hydrogen (secondary N) is 1. The zero-order valence-electron chi connectivity index (χ0n) is 14.1. The van der Waals surface area contributed by atoms with Crippen LogP contribution in [-0.4, -0.2) is 50.3 Å². The fourth-order valence-electron chi connectivity index (χ4n) is 2.00. The SMILES string of the molecule is COCCNCc1sc(N(C)C(C)CSC)nc1C(C)C. The topological polar surface area (TPSA) is 37.4 Å². The van der Waals surface area contributed by atoms with Crippen LogP contribution in [-0.2, 0) is 11.3 Å². The van der Waals surface area contributed by atoms with Gasteiger partial charge in [0.2, 0.25) is 0 Å². The highest BCUT2D eigenvalue weighted by atomic mass is 32.2. The summed E-state index contributed by atoms with van der Waals surface area (Å²) in [5, 5.41) is 4.56. The van der Waals surface area contributed by atoms with E-state index in [-0.39, 0.29) is 0 Å². The fraction of sp³-hybridized carbons (Fsp3) is 0.800. The van der Waals surface area contributed by atoms with Crippen molar-refractivity contribution >= 4 is 28.2 Å². The summed E-state index contributed by atoms with van der Waals surface area (Å²) in [7, 11) is 3.88. The van der Waals surface area contributed by atoms with Crippen molar-refractivity contribution in [3.05, 3.63) is 10.6 Å². The standard InChI is InChI=1S/C15H29N3OS2/c1-11(2)14-13(9-16-7-8-19-5)21-15(17-14)18(4)12(3)10-20-6/h11-12,16H,7-10H2,1-6H3. The highest BCUT2D eigenvalue weighted by Gasteiger charge is 2.18. The minimum atomic E-state index is 0.457. The Morgan fingerprint density at radius 3 is 2.67 bits per heavy atom. The van der Waals surface area contributed by atoms with Crippen LogP contribution < -0.4 is 10.2 Å². The molecule has 0 bridgehead atoms. The number of aromatic nitrogens is 1. The van der Waals surface area contributed by atoms with E-state index in [2.05, 4.69) is 44.3 Å². The molecule has 1 rings (SSSR count). The lowest BCUT2D eigenvalue weighted by molar-refractivity contribution is 0.199. The Balaban J connectivity index is 2.78. The van der Waals surface area contributed by atoms with Crippen molar-refractivity contribution in [1.82, 2.24) is 10.3 Å². The molecule has 1 atom stereocenters. The molecule has 1 aromatic heterocycles. The van der Waals surface area contributed by atoms with Gasteiger partial charge in [0, 0.05) is 43.9 Å². The van der Waals surface area contributed by atoms with E-state index in [1.807, 2.05) is 23.1 Å². The summed E-state index contributed by atoms with van der Waals surface area (Å²) in [5.74, 6) is 1.58. The van der Waals surface area contributed by atoms with Gasteiger partial charge in [-0.25, -0.2) is 4.98 Å². The van der Waals surface area contributed by atoms with Crippen LogP contribution >= 0.6 is 23.1 Å². The molecule has 0 spiro atoms. The summed E-state index contributed by atoms with van der Waals surface area (Å²) in [6, 6.07) is 0.500. The number of ether oxygens (including phenoxy) is 1. The average Bonchev–Trinajstić information content (AvgIpc) is 2.87. The van der Waals surface area contributed by atoms with Crippen LogP contribution in [0.25, 0.3) is 0 Å². The molecule has 6 heteroatoms. The van der Waals surface area contributed by atoms with E-state index in [4.69, 9.17) is 9.72 Å². The fourth-order valence-corrected chi connectivity index (χ4v) is 3.95. The van der Waals surface area contributed by atoms with Crippen LogP contribution in [0.2, 0.25) is 0 Å². The summed E-state index contributed by atoms with van der Waals surface area (Å²) in [6.45, 7) is 9.17. The van der Waals surface area contributed by atoms with Crippen LogP contribution in [0.5, 0.6) is 0 Å². The molecule has 1 aromatic rings. The predicted octanol–water partition coefficient (Wildman–Crippen LogP) is 3.19. The molecule has 0 aliphatic heterocycles. The molecule has 0 saturated heterocycles. The number of nitrogens with zero attached hydrogens (tertiary/aromatic N) is 2.